The summed E-state index contributed by atoms with van der Waals surface area (Å²) >= 11 is 1.44. The highest BCUT2D eigenvalue weighted by Crippen LogP contribution is 2.38. The maximum absolute atomic E-state index is 12.7. The zero-order chi connectivity index (χ0) is 15.1. The molecule has 2 rings (SSSR count). The molecule has 1 nitrogen and oxygen atoms in total. The van der Waals surface area contributed by atoms with Gasteiger partial charge in [-0.25, -0.2) is 0 Å². The van der Waals surface area contributed by atoms with E-state index >= 15 is 0 Å². The Morgan fingerprint density at radius 2 is 1.70 bits per heavy atom. The number of aliphatic hydroxyl groups is 1. The van der Waals surface area contributed by atoms with E-state index < -0.39 is 17.3 Å². The third-order valence-electron chi connectivity index (χ3n) is 3.30. The Hall–Kier alpha value is -1.33. The first-order valence-corrected chi connectivity index (χ1v) is 6.91. The van der Waals surface area contributed by atoms with Crippen molar-refractivity contribution in [2.75, 3.05) is 0 Å². The first-order valence-electron chi connectivity index (χ1n) is 6.10. The highest BCUT2D eigenvalue weighted by Gasteiger charge is 2.33. The van der Waals surface area contributed by atoms with Crippen molar-refractivity contribution in [3.8, 4) is 0 Å². The van der Waals surface area contributed by atoms with Crippen LogP contribution in [-0.4, -0.2) is 5.11 Å². The Morgan fingerprint density at radius 1 is 1.05 bits per heavy atom. The Morgan fingerprint density at radius 3 is 2.15 bits per heavy atom. The van der Waals surface area contributed by atoms with Gasteiger partial charge in [-0.3, -0.25) is 0 Å². The standard InChI is InChI=1S/C15H15F3OS/c1-9-8-11(15(16,17)18)5-6-12(9)14(3,19)13-7-4-10(2)20-13/h4-8,19H,1-3H3. The number of hydrogen-bond donors (Lipinski definition) is 1. The maximum Gasteiger partial charge on any atom is 0.416 e. The summed E-state index contributed by atoms with van der Waals surface area (Å²) < 4.78 is 38.0. The van der Waals surface area contributed by atoms with E-state index in [1.807, 2.05) is 13.0 Å². The van der Waals surface area contributed by atoms with E-state index in [0.29, 0.717) is 11.1 Å². The summed E-state index contributed by atoms with van der Waals surface area (Å²) in [6, 6.07) is 7.12. The third kappa shape index (κ3) is 2.74. The lowest BCUT2D eigenvalue weighted by Gasteiger charge is -2.25. The van der Waals surface area contributed by atoms with Crippen LogP contribution in [0.1, 0.15) is 33.4 Å². The van der Waals surface area contributed by atoms with Crippen molar-refractivity contribution in [1.29, 1.82) is 0 Å². The van der Waals surface area contributed by atoms with E-state index in [1.165, 1.54) is 17.4 Å². The van der Waals surface area contributed by atoms with Crippen molar-refractivity contribution in [2.24, 2.45) is 0 Å². The molecule has 0 aliphatic rings. The molecule has 0 fully saturated rings. The molecule has 0 saturated heterocycles. The monoisotopic (exact) mass is 300 g/mol. The second-order valence-corrected chi connectivity index (χ2v) is 6.30. The molecule has 0 spiro atoms. The van der Waals surface area contributed by atoms with Crippen LogP contribution >= 0.6 is 11.3 Å². The molecule has 5 heteroatoms. The van der Waals surface area contributed by atoms with Crippen LogP contribution in [0.3, 0.4) is 0 Å². The average Bonchev–Trinajstić information content (AvgIpc) is 2.75. The number of benzene rings is 1. The van der Waals surface area contributed by atoms with Gasteiger partial charge in [-0.1, -0.05) is 6.07 Å². The smallest absolute Gasteiger partial charge is 0.380 e. The predicted octanol–water partition coefficient (Wildman–Crippen LogP) is 4.64. The van der Waals surface area contributed by atoms with Crippen LogP contribution in [0.4, 0.5) is 13.2 Å². The SMILES string of the molecule is Cc1ccc(C(C)(O)c2ccc(C(F)(F)F)cc2C)s1. The van der Waals surface area contributed by atoms with E-state index in [2.05, 4.69) is 0 Å². The van der Waals surface area contributed by atoms with Gasteiger partial charge >= 0.3 is 6.18 Å². The molecular formula is C15H15F3OS. The zero-order valence-corrected chi connectivity index (χ0v) is 12.2. The molecule has 2 aromatic rings. The first kappa shape index (κ1) is 15.1. The predicted molar refractivity (Wildman–Crippen MR) is 73.9 cm³/mol. The molecule has 1 unspecified atom stereocenters. The Kier molecular flexibility index (Phi) is 3.69. The van der Waals surface area contributed by atoms with Crippen molar-refractivity contribution < 1.29 is 18.3 Å². The second-order valence-electron chi connectivity index (χ2n) is 5.01. The van der Waals surface area contributed by atoms with E-state index in [0.717, 1.165) is 21.9 Å². The van der Waals surface area contributed by atoms with Crippen LogP contribution in [0.5, 0.6) is 0 Å². The van der Waals surface area contributed by atoms with Crippen molar-refractivity contribution in [2.45, 2.75) is 32.5 Å². The Bertz CT molecular complexity index is 626. The van der Waals surface area contributed by atoms with Crippen LogP contribution in [-0.2, 0) is 11.8 Å². The van der Waals surface area contributed by atoms with Crippen LogP contribution in [0.15, 0.2) is 30.3 Å². The number of aryl methyl sites for hydroxylation is 2. The van der Waals surface area contributed by atoms with Gasteiger partial charge in [0.05, 0.1) is 5.56 Å². The van der Waals surface area contributed by atoms with Crippen LogP contribution in [0.2, 0.25) is 0 Å². The Labute approximate surface area is 119 Å². The maximum atomic E-state index is 12.7. The summed E-state index contributed by atoms with van der Waals surface area (Å²) in [4.78, 5) is 1.77. The molecule has 0 radical (unpaired) electrons. The summed E-state index contributed by atoms with van der Waals surface area (Å²) in [5.74, 6) is 0. The summed E-state index contributed by atoms with van der Waals surface area (Å²) in [6.07, 6.45) is -4.37. The van der Waals surface area contributed by atoms with Gasteiger partial charge in [0.2, 0.25) is 0 Å². The highest BCUT2D eigenvalue weighted by molar-refractivity contribution is 7.12. The van der Waals surface area contributed by atoms with Crippen LogP contribution in [0, 0.1) is 13.8 Å². The average molecular weight is 300 g/mol. The topological polar surface area (TPSA) is 20.2 Å². The van der Waals surface area contributed by atoms with Gasteiger partial charge in [-0.2, -0.15) is 13.2 Å². The van der Waals surface area contributed by atoms with Crippen molar-refractivity contribution in [3.05, 3.63) is 56.8 Å². The van der Waals surface area contributed by atoms with E-state index in [4.69, 9.17) is 0 Å². The van der Waals surface area contributed by atoms with Gasteiger partial charge < -0.3 is 5.11 Å². The minimum absolute atomic E-state index is 0.427. The van der Waals surface area contributed by atoms with Crippen molar-refractivity contribution in [1.82, 2.24) is 0 Å². The fourth-order valence-corrected chi connectivity index (χ4v) is 3.14. The lowest BCUT2D eigenvalue weighted by Crippen LogP contribution is -2.23. The minimum atomic E-state index is -4.37. The van der Waals surface area contributed by atoms with E-state index in [-0.39, 0.29) is 0 Å². The normalized spacial score (nSPS) is 15.2. The quantitative estimate of drug-likeness (QED) is 0.856. The summed E-state index contributed by atoms with van der Waals surface area (Å²) in [5.41, 5.74) is -1.06. The molecule has 0 aliphatic heterocycles. The lowest BCUT2D eigenvalue weighted by atomic mass is 9.89. The fourth-order valence-electron chi connectivity index (χ4n) is 2.22. The number of alkyl halides is 3. The molecule has 1 aromatic heterocycles. The van der Waals surface area contributed by atoms with Gasteiger partial charge in [-0.05, 0) is 56.2 Å². The molecule has 1 aromatic carbocycles. The molecule has 0 bridgehead atoms. The molecule has 0 aliphatic carbocycles. The molecule has 1 heterocycles. The Balaban J connectivity index is 2.48. The largest absolute Gasteiger partial charge is 0.416 e. The molecule has 1 N–H and O–H groups in total. The lowest BCUT2D eigenvalue weighted by molar-refractivity contribution is -0.137. The molecular weight excluding hydrogens is 285 g/mol. The van der Waals surface area contributed by atoms with Crippen molar-refractivity contribution in [3.63, 3.8) is 0 Å². The van der Waals surface area contributed by atoms with Crippen molar-refractivity contribution >= 4 is 11.3 Å². The molecule has 0 amide bonds. The van der Waals surface area contributed by atoms with Gasteiger partial charge in [0.25, 0.3) is 0 Å². The molecule has 20 heavy (non-hydrogen) atoms. The van der Waals surface area contributed by atoms with Gasteiger partial charge in [0.1, 0.15) is 5.60 Å². The summed E-state index contributed by atoms with van der Waals surface area (Å²) in [6.45, 7) is 5.11. The molecule has 1 atom stereocenters. The number of hydrogen-bond acceptors (Lipinski definition) is 2. The van der Waals surface area contributed by atoms with Gasteiger partial charge in [0, 0.05) is 9.75 Å². The molecule has 108 valence electrons. The summed E-state index contributed by atoms with van der Waals surface area (Å²) in [7, 11) is 0. The molecule has 0 saturated carbocycles. The van der Waals surface area contributed by atoms with Crippen LogP contribution in [0.25, 0.3) is 0 Å². The summed E-state index contributed by atoms with van der Waals surface area (Å²) in [5, 5.41) is 10.7. The van der Waals surface area contributed by atoms with E-state index in [9.17, 15) is 18.3 Å². The van der Waals surface area contributed by atoms with E-state index in [1.54, 1.807) is 19.9 Å². The zero-order valence-electron chi connectivity index (χ0n) is 11.4. The first-order chi connectivity index (χ1) is 9.12. The van der Waals surface area contributed by atoms with Crippen LogP contribution < -0.4 is 0 Å². The fraction of sp³-hybridized carbons (Fsp3) is 0.333. The van der Waals surface area contributed by atoms with Gasteiger partial charge in [-0.15, -0.1) is 11.3 Å². The second kappa shape index (κ2) is 4.90. The van der Waals surface area contributed by atoms with Gasteiger partial charge in [0.15, 0.2) is 0 Å². The number of thiophene rings is 1. The third-order valence-corrected chi connectivity index (χ3v) is 4.51. The highest BCUT2D eigenvalue weighted by atomic mass is 32.1. The number of halogens is 3. The minimum Gasteiger partial charge on any atom is -0.380 e. The number of rotatable bonds is 2.